The average Bonchev–Trinajstić information content (AvgIpc) is 2.65. The molecule has 1 aliphatic heterocycles. The number of nitrogens with two attached hydrogens (primary N) is 1. The minimum Gasteiger partial charge on any atom is -0.495 e. The minimum absolute atomic E-state index is 0.0399. The number of rotatable bonds is 4. The fourth-order valence-corrected chi connectivity index (χ4v) is 4.74. The Kier molecular flexibility index (Phi) is 6.11. The van der Waals surface area contributed by atoms with Crippen molar-refractivity contribution < 1.29 is 17.9 Å². The van der Waals surface area contributed by atoms with E-state index in [-0.39, 0.29) is 34.1 Å². The number of hydrogen-bond acceptors (Lipinski definition) is 4. The smallest absolute Gasteiger partial charge is 0.317 e. The van der Waals surface area contributed by atoms with Crippen molar-refractivity contribution in [3.05, 3.63) is 23.8 Å². The summed E-state index contributed by atoms with van der Waals surface area (Å²) in [6, 6.07) is 4.54. The van der Waals surface area contributed by atoms with E-state index in [4.69, 9.17) is 9.88 Å². The number of methoxy groups -OCH3 is 1. The zero-order valence-corrected chi connectivity index (χ0v) is 17.6. The summed E-state index contributed by atoms with van der Waals surface area (Å²) in [5.41, 5.74) is 0.875. The summed E-state index contributed by atoms with van der Waals surface area (Å²) in [6.07, 6.45) is 2.00. The third kappa shape index (κ3) is 5.84. The quantitative estimate of drug-likeness (QED) is 0.815. The van der Waals surface area contributed by atoms with Crippen LogP contribution >= 0.6 is 0 Å². The largest absolute Gasteiger partial charge is 0.495 e. The van der Waals surface area contributed by atoms with Crippen LogP contribution in [0.15, 0.2) is 23.1 Å². The van der Waals surface area contributed by atoms with Gasteiger partial charge in [-0.05, 0) is 41.4 Å². The molecule has 0 unspecified atom stereocenters. The van der Waals surface area contributed by atoms with Gasteiger partial charge in [-0.15, -0.1) is 0 Å². The summed E-state index contributed by atoms with van der Waals surface area (Å²) in [7, 11) is -2.53. The first-order valence-electron chi connectivity index (χ1n) is 9.06. The van der Waals surface area contributed by atoms with Crippen molar-refractivity contribution in [1.82, 2.24) is 10.2 Å². The number of urea groups is 1. The highest BCUT2D eigenvalue weighted by Crippen LogP contribution is 2.39. The maximum absolute atomic E-state index is 12.7. The molecule has 0 bridgehead atoms. The zero-order valence-electron chi connectivity index (χ0n) is 16.8. The highest BCUT2D eigenvalue weighted by molar-refractivity contribution is 7.89. The first-order chi connectivity index (χ1) is 12.3. The van der Waals surface area contributed by atoms with Gasteiger partial charge in [0.05, 0.1) is 7.11 Å². The minimum atomic E-state index is -3.91. The number of carbonyl (C=O) groups is 1. The molecule has 1 aliphatic rings. The molecule has 0 saturated carbocycles. The van der Waals surface area contributed by atoms with Crippen molar-refractivity contribution >= 4 is 16.1 Å². The lowest BCUT2D eigenvalue weighted by atomic mass is 9.75. The molecule has 2 rings (SSSR count). The molecule has 7 nitrogen and oxygen atoms in total. The summed E-state index contributed by atoms with van der Waals surface area (Å²) < 4.78 is 28.5. The molecule has 3 N–H and O–H groups in total. The molecule has 0 atom stereocenters. The summed E-state index contributed by atoms with van der Waals surface area (Å²) >= 11 is 0. The standard InChI is InChI=1S/C19H31N3O4S/c1-18(2)8-9-22(13-19(3,4)12-18)17(23)21-11-14-6-7-15(26-5)16(10-14)27(20,24)25/h6-7,10H,8-9,11-13H2,1-5H3,(H,21,23)(H2,20,24,25). The third-order valence-electron chi connectivity index (χ3n) is 4.90. The Balaban J connectivity index is 2.09. The molecular formula is C19H31N3O4S. The molecule has 8 heteroatoms. The second-order valence-corrected chi connectivity index (χ2v) is 10.4. The number of amides is 2. The molecule has 2 amide bonds. The van der Waals surface area contributed by atoms with Gasteiger partial charge < -0.3 is 15.0 Å². The second-order valence-electron chi connectivity index (χ2n) is 8.87. The first kappa shape index (κ1) is 21.5. The van der Waals surface area contributed by atoms with Crippen molar-refractivity contribution in [3.8, 4) is 5.75 Å². The molecule has 152 valence electrons. The van der Waals surface area contributed by atoms with Gasteiger partial charge in [-0.25, -0.2) is 18.4 Å². The van der Waals surface area contributed by atoms with E-state index in [0.29, 0.717) is 18.7 Å². The maximum Gasteiger partial charge on any atom is 0.317 e. The molecular weight excluding hydrogens is 366 g/mol. The van der Waals surface area contributed by atoms with E-state index in [1.54, 1.807) is 12.1 Å². The van der Waals surface area contributed by atoms with Crippen molar-refractivity contribution in [2.75, 3.05) is 20.2 Å². The van der Waals surface area contributed by atoms with E-state index in [9.17, 15) is 13.2 Å². The molecule has 1 saturated heterocycles. The highest BCUT2D eigenvalue weighted by atomic mass is 32.2. The van der Waals surface area contributed by atoms with Gasteiger partial charge in [0.2, 0.25) is 10.0 Å². The molecule has 1 aromatic carbocycles. The van der Waals surface area contributed by atoms with Gasteiger partial charge in [0.25, 0.3) is 0 Å². The Labute approximate surface area is 162 Å². The predicted molar refractivity (Wildman–Crippen MR) is 105 cm³/mol. The fourth-order valence-electron chi connectivity index (χ4n) is 3.99. The van der Waals surface area contributed by atoms with Crippen molar-refractivity contribution in [1.29, 1.82) is 0 Å². The average molecular weight is 398 g/mol. The van der Waals surface area contributed by atoms with Gasteiger partial charge >= 0.3 is 6.03 Å². The summed E-state index contributed by atoms with van der Waals surface area (Å²) in [6.45, 7) is 10.4. The van der Waals surface area contributed by atoms with Crippen LogP contribution < -0.4 is 15.2 Å². The number of hydrogen-bond donors (Lipinski definition) is 2. The van der Waals surface area contributed by atoms with Crippen LogP contribution in [-0.2, 0) is 16.6 Å². The number of sulfonamides is 1. The van der Waals surface area contributed by atoms with E-state index >= 15 is 0 Å². The Morgan fingerprint density at radius 1 is 1.26 bits per heavy atom. The van der Waals surface area contributed by atoms with Gasteiger partial charge in [-0.1, -0.05) is 33.8 Å². The Morgan fingerprint density at radius 2 is 1.93 bits per heavy atom. The van der Waals surface area contributed by atoms with Crippen LogP contribution in [0.2, 0.25) is 0 Å². The van der Waals surface area contributed by atoms with E-state index in [1.807, 2.05) is 4.90 Å². The summed E-state index contributed by atoms with van der Waals surface area (Å²) in [5, 5.41) is 8.13. The predicted octanol–water partition coefficient (Wildman–Crippen LogP) is 2.70. The lowest BCUT2D eigenvalue weighted by Crippen LogP contribution is -2.43. The van der Waals surface area contributed by atoms with E-state index < -0.39 is 10.0 Å². The Hall–Kier alpha value is -1.80. The molecule has 27 heavy (non-hydrogen) atoms. The van der Waals surface area contributed by atoms with Crippen LogP contribution in [0.3, 0.4) is 0 Å². The van der Waals surface area contributed by atoms with Crippen molar-refractivity contribution in [2.45, 2.75) is 52.0 Å². The molecule has 1 heterocycles. The van der Waals surface area contributed by atoms with Gasteiger partial charge in [0.1, 0.15) is 10.6 Å². The first-order valence-corrected chi connectivity index (χ1v) is 10.6. The lowest BCUT2D eigenvalue weighted by molar-refractivity contribution is 0.169. The van der Waals surface area contributed by atoms with Crippen LogP contribution in [0.4, 0.5) is 4.79 Å². The van der Waals surface area contributed by atoms with Gasteiger partial charge in [0.15, 0.2) is 0 Å². The highest BCUT2D eigenvalue weighted by Gasteiger charge is 2.35. The van der Waals surface area contributed by atoms with E-state index in [2.05, 4.69) is 33.0 Å². The van der Waals surface area contributed by atoms with Crippen LogP contribution in [0, 0.1) is 10.8 Å². The maximum atomic E-state index is 12.7. The number of nitrogens with one attached hydrogen (secondary N) is 1. The Bertz CT molecular complexity index is 803. The number of carbonyl (C=O) groups excluding carboxylic acids is 1. The van der Waals surface area contributed by atoms with Crippen LogP contribution in [-0.4, -0.2) is 39.5 Å². The number of primary sulfonamides is 1. The molecule has 1 aromatic rings. The monoisotopic (exact) mass is 397 g/mol. The van der Waals surface area contributed by atoms with Crippen LogP contribution in [0.25, 0.3) is 0 Å². The molecule has 0 aliphatic carbocycles. The van der Waals surface area contributed by atoms with Gasteiger partial charge in [-0.2, -0.15) is 0 Å². The number of nitrogens with zero attached hydrogens (tertiary/aromatic N) is 1. The van der Waals surface area contributed by atoms with Gasteiger partial charge in [0, 0.05) is 19.6 Å². The fraction of sp³-hybridized carbons (Fsp3) is 0.632. The molecule has 0 radical (unpaired) electrons. The Morgan fingerprint density at radius 3 is 2.52 bits per heavy atom. The summed E-state index contributed by atoms with van der Waals surface area (Å²) in [4.78, 5) is 14.4. The topological polar surface area (TPSA) is 102 Å². The van der Waals surface area contributed by atoms with Crippen molar-refractivity contribution in [2.24, 2.45) is 16.0 Å². The van der Waals surface area contributed by atoms with Crippen LogP contribution in [0.5, 0.6) is 5.75 Å². The molecule has 0 spiro atoms. The normalized spacial score (nSPS) is 19.3. The van der Waals surface area contributed by atoms with E-state index in [0.717, 1.165) is 12.8 Å². The zero-order chi connectivity index (χ0) is 20.5. The second kappa shape index (κ2) is 7.67. The molecule has 1 fully saturated rings. The third-order valence-corrected chi connectivity index (χ3v) is 5.83. The van der Waals surface area contributed by atoms with Crippen molar-refractivity contribution in [3.63, 3.8) is 0 Å². The van der Waals surface area contributed by atoms with E-state index in [1.165, 1.54) is 13.2 Å². The number of ether oxygens (including phenoxy) is 1. The summed E-state index contributed by atoms with van der Waals surface area (Å²) in [5.74, 6) is 0.184. The number of benzene rings is 1. The van der Waals surface area contributed by atoms with Gasteiger partial charge in [-0.3, -0.25) is 0 Å². The SMILES string of the molecule is COc1ccc(CNC(=O)N2CCC(C)(C)CC(C)(C)C2)cc1S(N)(=O)=O. The van der Waals surface area contributed by atoms with Crippen LogP contribution in [0.1, 0.15) is 46.1 Å². The number of likely N-dealkylation sites (tertiary alicyclic amines) is 1. The molecule has 0 aromatic heterocycles. The lowest BCUT2D eigenvalue weighted by Gasteiger charge is -2.32.